The Morgan fingerprint density at radius 1 is 1.29 bits per heavy atom. The largest absolute Gasteiger partial charge is 0.471 e. The Balaban J connectivity index is 2.36. The number of aromatic nitrogens is 2. The summed E-state index contributed by atoms with van der Waals surface area (Å²) in [5, 5.41) is 3.30. The zero-order chi connectivity index (χ0) is 13.1. The lowest BCUT2D eigenvalue weighted by Crippen LogP contribution is -2.19. The Bertz CT molecular complexity index is 362. The van der Waals surface area contributed by atoms with Gasteiger partial charge in [-0.2, -0.15) is 29.9 Å². The van der Waals surface area contributed by atoms with Crippen molar-refractivity contribution in [2.75, 3.05) is 5.75 Å². The second-order valence-electron chi connectivity index (χ2n) is 4.88. The van der Waals surface area contributed by atoms with Gasteiger partial charge in [0.2, 0.25) is 0 Å². The van der Waals surface area contributed by atoms with Crippen molar-refractivity contribution < 1.29 is 17.7 Å². The van der Waals surface area contributed by atoms with Gasteiger partial charge in [-0.15, -0.1) is 0 Å². The molecule has 17 heavy (non-hydrogen) atoms. The smallest absolute Gasteiger partial charge is 0.329 e. The van der Waals surface area contributed by atoms with E-state index in [0.29, 0.717) is 5.75 Å². The number of halogens is 3. The molecule has 0 aliphatic carbocycles. The van der Waals surface area contributed by atoms with Gasteiger partial charge in [0.1, 0.15) is 0 Å². The number of rotatable bonds is 5. The van der Waals surface area contributed by atoms with Gasteiger partial charge in [0, 0.05) is 8.07 Å². The van der Waals surface area contributed by atoms with Gasteiger partial charge >= 0.3 is 12.1 Å². The highest BCUT2D eigenvalue weighted by atomic mass is 32.2. The summed E-state index contributed by atoms with van der Waals surface area (Å²) in [4.78, 5) is 3.30. The van der Waals surface area contributed by atoms with Crippen molar-refractivity contribution in [3.05, 3.63) is 11.7 Å². The van der Waals surface area contributed by atoms with Crippen molar-refractivity contribution in [1.82, 2.24) is 10.1 Å². The molecule has 0 bridgehead atoms. The average Bonchev–Trinajstić information content (AvgIpc) is 2.58. The molecule has 1 aromatic heterocycles. The maximum Gasteiger partial charge on any atom is 0.471 e. The van der Waals surface area contributed by atoms with Gasteiger partial charge in [-0.3, -0.25) is 0 Å². The predicted molar refractivity (Wildman–Crippen MR) is 63.6 cm³/mol. The Morgan fingerprint density at radius 3 is 2.41 bits per heavy atom. The highest BCUT2D eigenvalue weighted by molar-refractivity contribution is 7.98. The Morgan fingerprint density at radius 2 is 1.94 bits per heavy atom. The van der Waals surface area contributed by atoms with E-state index in [-0.39, 0.29) is 5.82 Å². The van der Waals surface area contributed by atoms with Crippen LogP contribution in [0.2, 0.25) is 25.7 Å². The molecule has 1 aromatic rings. The number of thioether (sulfide) groups is 1. The van der Waals surface area contributed by atoms with Crippen LogP contribution in [0.4, 0.5) is 13.2 Å². The lowest BCUT2D eigenvalue weighted by Gasteiger charge is -2.14. The summed E-state index contributed by atoms with van der Waals surface area (Å²) in [6.07, 6.45) is -4.55. The topological polar surface area (TPSA) is 38.9 Å². The summed E-state index contributed by atoms with van der Waals surface area (Å²) in [5.41, 5.74) is 0. The minimum atomic E-state index is -4.55. The molecule has 0 fully saturated rings. The van der Waals surface area contributed by atoms with E-state index >= 15 is 0 Å². The van der Waals surface area contributed by atoms with Crippen LogP contribution < -0.4 is 0 Å². The van der Waals surface area contributed by atoms with Crippen LogP contribution in [-0.4, -0.2) is 24.0 Å². The van der Waals surface area contributed by atoms with E-state index in [1.165, 1.54) is 11.8 Å². The monoisotopic (exact) mass is 284 g/mol. The molecule has 0 unspecified atom stereocenters. The Kier molecular flexibility index (Phi) is 4.65. The van der Waals surface area contributed by atoms with E-state index in [2.05, 4.69) is 34.3 Å². The van der Waals surface area contributed by atoms with Crippen LogP contribution in [-0.2, 0) is 11.9 Å². The maximum absolute atomic E-state index is 12.1. The first-order valence-corrected chi connectivity index (χ1v) is 10.0. The standard InChI is InChI=1S/C9H15F3N2OSSi/c1-17(2,3)5-4-16-6-7-13-8(15-14-7)9(10,11)12/h4-6H2,1-3H3. The SMILES string of the molecule is C[Si](C)(C)CCSCc1noc(C(F)(F)F)n1. The first kappa shape index (κ1) is 14.6. The first-order valence-electron chi connectivity index (χ1n) is 5.16. The minimum Gasteiger partial charge on any atom is -0.329 e. The molecule has 0 N–H and O–H groups in total. The lowest BCUT2D eigenvalue weighted by atomic mass is 10.6. The summed E-state index contributed by atoms with van der Waals surface area (Å²) in [5.74, 6) is 0.131. The summed E-state index contributed by atoms with van der Waals surface area (Å²) < 4.78 is 40.6. The second kappa shape index (κ2) is 5.43. The molecule has 0 aromatic carbocycles. The Hall–Kier alpha value is -0.503. The molecule has 1 rings (SSSR count). The molecular weight excluding hydrogens is 269 g/mol. The minimum absolute atomic E-state index is 0.109. The van der Waals surface area contributed by atoms with Crippen LogP contribution in [0.5, 0.6) is 0 Å². The highest BCUT2D eigenvalue weighted by Gasteiger charge is 2.38. The van der Waals surface area contributed by atoms with Crippen LogP contribution >= 0.6 is 11.8 Å². The van der Waals surface area contributed by atoms with E-state index in [4.69, 9.17) is 0 Å². The van der Waals surface area contributed by atoms with Crippen molar-refractivity contribution in [2.45, 2.75) is 37.6 Å². The third-order valence-electron chi connectivity index (χ3n) is 1.94. The summed E-state index contributed by atoms with van der Waals surface area (Å²) >= 11 is 1.54. The van der Waals surface area contributed by atoms with Crippen molar-refractivity contribution in [3.8, 4) is 0 Å². The average molecular weight is 284 g/mol. The summed E-state index contributed by atoms with van der Waals surface area (Å²) in [6, 6.07) is 1.13. The van der Waals surface area contributed by atoms with Crippen molar-refractivity contribution >= 4 is 19.8 Å². The number of alkyl halides is 3. The lowest BCUT2D eigenvalue weighted by molar-refractivity contribution is -0.159. The van der Waals surface area contributed by atoms with Gasteiger partial charge in [0.05, 0.1) is 5.75 Å². The molecule has 0 amide bonds. The predicted octanol–water partition coefficient (Wildman–Crippen LogP) is 3.66. The second-order valence-corrected chi connectivity index (χ2v) is 11.6. The molecule has 8 heteroatoms. The van der Waals surface area contributed by atoms with Crippen molar-refractivity contribution in [1.29, 1.82) is 0 Å². The van der Waals surface area contributed by atoms with Crippen LogP contribution in [0.1, 0.15) is 11.7 Å². The van der Waals surface area contributed by atoms with Gasteiger partial charge in [-0.05, 0) is 11.8 Å². The van der Waals surface area contributed by atoms with Gasteiger partial charge < -0.3 is 4.52 Å². The molecular formula is C9H15F3N2OSSi. The van der Waals surface area contributed by atoms with E-state index in [9.17, 15) is 13.2 Å². The van der Waals surface area contributed by atoms with E-state index in [1.54, 1.807) is 0 Å². The normalized spacial score (nSPS) is 13.1. The van der Waals surface area contributed by atoms with Crippen molar-refractivity contribution in [3.63, 3.8) is 0 Å². The van der Waals surface area contributed by atoms with Crippen LogP contribution in [0.3, 0.4) is 0 Å². The molecule has 0 aliphatic rings. The summed E-state index contributed by atoms with van der Waals surface area (Å²) in [7, 11) is -1.09. The van der Waals surface area contributed by atoms with E-state index in [0.717, 1.165) is 11.8 Å². The third-order valence-corrected chi connectivity index (χ3v) is 5.01. The zero-order valence-corrected chi connectivity index (χ0v) is 11.8. The molecule has 3 nitrogen and oxygen atoms in total. The number of hydrogen-bond acceptors (Lipinski definition) is 4. The molecule has 0 aliphatic heterocycles. The quantitative estimate of drug-likeness (QED) is 0.611. The van der Waals surface area contributed by atoms with E-state index < -0.39 is 20.1 Å². The molecule has 0 atom stereocenters. The maximum atomic E-state index is 12.1. The highest BCUT2D eigenvalue weighted by Crippen LogP contribution is 2.28. The molecule has 0 saturated heterocycles. The van der Waals surface area contributed by atoms with Crippen LogP contribution in [0.15, 0.2) is 4.52 Å². The zero-order valence-electron chi connectivity index (χ0n) is 9.97. The molecule has 1 heterocycles. The molecule has 98 valence electrons. The fourth-order valence-electron chi connectivity index (χ4n) is 0.970. The number of hydrogen-bond donors (Lipinski definition) is 0. The number of nitrogens with zero attached hydrogens (tertiary/aromatic N) is 2. The van der Waals surface area contributed by atoms with Crippen LogP contribution in [0, 0.1) is 0 Å². The molecule has 0 radical (unpaired) electrons. The fraction of sp³-hybridized carbons (Fsp3) is 0.778. The first-order chi connectivity index (χ1) is 7.68. The van der Waals surface area contributed by atoms with E-state index in [1.807, 2.05) is 0 Å². The molecule has 0 spiro atoms. The Labute approximate surface area is 103 Å². The summed E-state index contributed by atoms with van der Waals surface area (Å²) in [6.45, 7) is 6.76. The van der Waals surface area contributed by atoms with Gasteiger partial charge in [-0.25, -0.2) is 0 Å². The molecule has 0 saturated carbocycles. The third kappa shape index (κ3) is 5.58. The van der Waals surface area contributed by atoms with Gasteiger partial charge in [-0.1, -0.05) is 24.8 Å². The van der Waals surface area contributed by atoms with Crippen LogP contribution in [0.25, 0.3) is 0 Å². The fourth-order valence-corrected chi connectivity index (χ4v) is 4.44. The van der Waals surface area contributed by atoms with Crippen molar-refractivity contribution in [2.24, 2.45) is 0 Å². The van der Waals surface area contributed by atoms with Gasteiger partial charge in [0.25, 0.3) is 0 Å². The van der Waals surface area contributed by atoms with Gasteiger partial charge in [0.15, 0.2) is 5.82 Å².